The molecule has 3 rings (SSSR count). The molecule has 2 aromatic heterocycles. The molecule has 25 heavy (non-hydrogen) atoms. The van der Waals surface area contributed by atoms with Gasteiger partial charge in [-0.15, -0.1) is 0 Å². The number of pyridine rings is 1. The Morgan fingerprint density at radius 2 is 1.96 bits per heavy atom. The molecule has 0 bridgehead atoms. The Kier molecular flexibility index (Phi) is 5.16. The molecule has 1 unspecified atom stereocenters. The van der Waals surface area contributed by atoms with Crippen molar-refractivity contribution in [1.29, 1.82) is 0 Å². The molecule has 0 saturated carbocycles. The SMILES string of the molecule is COC(=O)c1cccc(C(=O)N2CCCCCC2c2ccc(C)o2)n1. The number of carbonyl (C=O) groups is 2. The molecule has 1 saturated heterocycles. The highest BCUT2D eigenvalue weighted by Crippen LogP contribution is 2.32. The molecule has 0 spiro atoms. The van der Waals surface area contributed by atoms with Crippen LogP contribution in [0.4, 0.5) is 0 Å². The van der Waals surface area contributed by atoms with Crippen LogP contribution >= 0.6 is 0 Å². The fraction of sp³-hybridized carbons (Fsp3) is 0.421. The van der Waals surface area contributed by atoms with Crippen LogP contribution in [0, 0.1) is 6.92 Å². The number of hydrogen-bond donors (Lipinski definition) is 0. The van der Waals surface area contributed by atoms with E-state index in [4.69, 9.17) is 4.42 Å². The Labute approximate surface area is 146 Å². The highest BCUT2D eigenvalue weighted by Gasteiger charge is 2.30. The largest absolute Gasteiger partial charge is 0.464 e. The summed E-state index contributed by atoms with van der Waals surface area (Å²) in [5, 5.41) is 0. The highest BCUT2D eigenvalue weighted by molar-refractivity contribution is 5.94. The van der Waals surface area contributed by atoms with Gasteiger partial charge in [0.25, 0.3) is 5.91 Å². The molecular weight excluding hydrogens is 320 g/mol. The van der Waals surface area contributed by atoms with Crippen LogP contribution in [0.2, 0.25) is 0 Å². The molecule has 3 heterocycles. The fourth-order valence-corrected chi connectivity index (χ4v) is 3.20. The van der Waals surface area contributed by atoms with E-state index in [1.165, 1.54) is 7.11 Å². The molecule has 6 nitrogen and oxygen atoms in total. The van der Waals surface area contributed by atoms with Crippen molar-refractivity contribution in [2.24, 2.45) is 0 Å². The van der Waals surface area contributed by atoms with Gasteiger partial charge in [-0.05, 0) is 44.0 Å². The van der Waals surface area contributed by atoms with Gasteiger partial charge < -0.3 is 14.1 Å². The van der Waals surface area contributed by atoms with Gasteiger partial charge in [-0.3, -0.25) is 4.79 Å². The Hall–Kier alpha value is -2.63. The summed E-state index contributed by atoms with van der Waals surface area (Å²) >= 11 is 0. The van der Waals surface area contributed by atoms with E-state index in [9.17, 15) is 9.59 Å². The minimum atomic E-state index is -0.552. The van der Waals surface area contributed by atoms with Gasteiger partial charge in [0.2, 0.25) is 0 Å². The molecule has 0 radical (unpaired) electrons. The van der Waals surface area contributed by atoms with Crippen LogP contribution in [0.3, 0.4) is 0 Å². The number of ether oxygens (including phenoxy) is 1. The van der Waals surface area contributed by atoms with Crippen LogP contribution in [0.1, 0.15) is 64.2 Å². The molecule has 0 aromatic carbocycles. The molecule has 1 amide bonds. The third-order valence-corrected chi connectivity index (χ3v) is 4.47. The first-order valence-corrected chi connectivity index (χ1v) is 8.53. The standard InChI is InChI=1S/C19H22N2O4/c1-13-10-11-17(25-13)16-9-4-3-5-12-21(16)18(22)14-7-6-8-15(20-14)19(23)24-2/h6-8,10-11,16H,3-5,9,12H2,1-2H3. The Balaban J connectivity index is 1.91. The molecule has 132 valence electrons. The Morgan fingerprint density at radius 1 is 1.16 bits per heavy atom. The number of aryl methyl sites for hydroxylation is 1. The van der Waals surface area contributed by atoms with Gasteiger partial charge in [0.05, 0.1) is 13.2 Å². The van der Waals surface area contributed by atoms with Crippen LogP contribution in [0.25, 0.3) is 0 Å². The number of rotatable bonds is 3. The third kappa shape index (κ3) is 3.73. The number of methoxy groups -OCH3 is 1. The highest BCUT2D eigenvalue weighted by atomic mass is 16.5. The number of carbonyl (C=O) groups excluding carboxylic acids is 2. The van der Waals surface area contributed by atoms with Crippen molar-refractivity contribution >= 4 is 11.9 Å². The average Bonchev–Trinajstić information content (AvgIpc) is 2.92. The van der Waals surface area contributed by atoms with E-state index in [-0.39, 0.29) is 23.3 Å². The predicted molar refractivity (Wildman–Crippen MR) is 91.3 cm³/mol. The predicted octanol–water partition coefficient (Wildman–Crippen LogP) is 3.53. The van der Waals surface area contributed by atoms with Crippen molar-refractivity contribution in [1.82, 2.24) is 9.88 Å². The zero-order valence-corrected chi connectivity index (χ0v) is 14.5. The zero-order chi connectivity index (χ0) is 17.8. The molecule has 1 aliphatic rings. The zero-order valence-electron chi connectivity index (χ0n) is 14.5. The van der Waals surface area contributed by atoms with Crippen molar-refractivity contribution in [3.05, 3.63) is 53.2 Å². The molecule has 0 N–H and O–H groups in total. The minimum absolute atomic E-state index is 0.104. The Morgan fingerprint density at radius 3 is 2.68 bits per heavy atom. The van der Waals surface area contributed by atoms with Crippen LogP contribution in [0.5, 0.6) is 0 Å². The van der Waals surface area contributed by atoms with Gasteiger partial charge in [-0.25, -0.2) is 9.78 Å². The lowest BCUT2D eigenvalue weighted by molar-refractivity contribution is 0.0592. The number of furan rings is 1. The molecule has 6 heteroatoms. The topological polar surface area (TPSA) is 72.6 Å². The van der Waals surface area contributed by atoms with E-state index in [2.05, 4.69) is 9.72 Å². The van der Waals surface area contributed by atoms with Crippen LogP contribution in [-0.2, 0) is 4.74 Å². The lowest BCUT2D eigenvalue weighted by Gasteiger charge is -2.28. The lowest BCUT2D eigenvalue weighted by Crippen LogP contribution is -2.35. The number of aromatic nitrogens is 1. The second-order valence-corrected chi connectivity index (χ2v) is 6.21. The summed E-state index contributed by atoms with van der Waals surface area (Å²) < 4.78 is 10.5. The first kappa shape index (κ1) is 17.2. The van der Waals surface area contributed by atoms with Crippen molar-refractivity contribution < 1.29 is 18.7 Å². The summed E-state index contributed by atoms with van der Waals surface area (Å²) in [5.41, 5.74) is 0.381. The molecule has 1 aliphatic heterocycles. The maximum absolute atomic E-state index is 13.1. The van der Waals surface area contributed by atoms with E-state index in [0.717, 1.165) is 37.2 Å². The van der Waals surface area contributed by atoms with E-state index >= 15 is 0 Å². The van der Waals surface area contributed by atoms with E-state index in [0.29, 0.717) is 6.54 Å². The van der Waals surface area contributed by atoms with Gasteiger partial charge in [0.15, 0.2) is 0 Å². The van der Waals surface area contributed by atoms with Gasteiger partial charge in [0.1, 0.15) is 22.9 Å². The number of hydrogen-bond acceptors (Lipinski definition) is 5. The molecule has 1 atom stereocenters. The first-order valence-electron chi connectivity index (χ1n) is 8.53. The smallest absolute Gasteiger partial charge is 0.356 e. The Bertz CT molecular complexity index is 768. The van der Waals surface area contributed by atoms with Crippen molar-refractivity contribution in [3.8, 4) is 0 Å². The third-order valence-electron chi connectivity index (χ3n) is 4.47. The first-order chi connectivity index (χ1) is 12.1. The quantitative estimate of drug-likeness (QED) is 0.798. The summed E-state index contributed by atoms with van der Waals surface area (Å²) in [4.78, 5) is 30.8. The molecule has 2 aromatic rings. The number of amides is 1. The van der Waals surface area contributed by atoms with Crippen molar-refractivity contribution in [3.63, 3.8) is 0 Å². The minimum Gasteiger partial charge on any atom is -0.464 e. The second-order valence-electron chi connectivity index (χ2n) is 6.21. The maximum Gasteiger partial charge on any atom is 0.356 e. The summed E-state index contributed by atoms with van der Waals surface area (Å²) in [6, 6.07) is 8.56. The van der Waals surface area contributed by atoms with Gasteiger partial charge in [-0.1, -0.05) is 18.9 Å². The fourth-order valence-electron chi connectivity index (χ4n) is 3.20. The van der Waals surface area contributed by atoms with E-state index in [1.54, 1.807) is 18.2 Å². The van der Waals surface area contributed by atoms with Gasteiger partial charge in [0, 0.05) is 6.54 Å². The van der Waals surface area contributed by atoms with Crippen molar-refractivity contribution in [2.75, 3.05) is 13.7 Å². The van der Waals surface area contributed by atoms with Crippen LogP contribution in [0.15, 0.2) is 34.7 Å². The lowest BCUT2D eigenvalue weighted by atomic mass is 10.1. The van der Waals surface area contributed by atoms with Crippen LogP contribution < -0.4 is 0 Å². The van der Waals surface area contributed by atoms with E-state index < -0.39 is 5.97 Å². The average molecular weight is 342 g/mol. The van der Waals surface area contributed by atoms with Crippen molar-refractivity contribution in [2.45, 2.75) is 38.6 Å². The van der Waals surface area contributed by atoms with E-state index in [1.807, 2.05) is 24.0 Å². The molecular formula is C19H22N2O4. The summed E-state index contributed by atoms with van der Waals surface area (Å²) in [7, 11) is 1.29. The summed E-state index contributed by atoms with van der Waals surface area (Å²) in [6.07, 6.45) is 3.92. The molecule has 0 aliphatic carbocycles. The van der Waals surface area contributed by atoms with Gasteiger partial charge >= 0.3 is 5.97 Å². The molecule has 1 fully saturated rings. The van der Waals surface area contributed by atoms with Crippen LogP contribution in [-0.4, -0.2) is 35.4 Å². The normalized spacial score (nSPS) is 17.8. The second kappa shape index (κ2) is 7.51. The number of nitrogens with zero attached hydrogens (tertiary/aromatic N) is 2. The summed E-state index contributed by atoms with van der Waals surface area (Å²) in [6.45, 7) is 2.54. The number of esters is 1. The maximum atomic E-state index is 13.1. The number of likely N-dealkylation sites (tertiary alicyclic amines) is 1. The summed E-state index contributed by atoms with van der Waals surface area (Å²) in [5.74, 6) is 0.893. The monoisotopic (exact) mass is 342 g/mol. The van der Waals surface area contributed by atoms with Gasteiger partial charge in [-0.2, -0.15) is 0 Å².